The zero-order chi connectivity index (χ0) is 20.4. The molecule has 0 bridgehead atoms. The van der Waals surface area contributed by atoms with Gasteiger partial charge in [-0.15, -0.1) is 0 Å². The van der Waals surface area contributed by atoms with E-state index in [2.05, 4.69) is 16.7 Å². The Balaban J connectivity index is 1.61. The minimum atomic E-state index is -0.196. The van der Waals surface area contributed by atoms with E-state index in [1.54, 1.807) is 12.1 Å². The van der Waals surface area contributed by atoms with Gasteiger partial charge >= 0.3 is 0 Å². The Kier molecular flexibility index (Phi) is 6.23. The molecule has 7 heteroatoms. The van der Waals surface area contributed by atoms with Gasteiger partial charge in [0.1, 0.15) is 5.70 Å². The van der Waals surface area contributed by atoms with Gasteiger partial charge in [0, 0.05) is 44.3 Å². The maximum atomic E-state index is 13.4. The Morgan fingerprint density at radius 2 is 1.76 bits per heavy atom. The average Bonchev–Trinajstić information content (AvgIpc) is 2.98. The van der Waals surface area contributed by atoms with Crippen LogP contribution in [-0.4, -0.2) is 79.0 Å². The molecule has 1 aromatic rings. The lowest BCUT2D eigenvalue weighted by atomic mass is 9.98. The summed E-state index contributed by atoms with van der Waals surface area (Å²) in [6.07, 6.45) is 2.19. The van der Waals surface area contributed by atoms with Crippen molar-refractivity contribution in [2.75, 3.05) is 52.5 Å². The molecule has 3 aliphatic rings. The van der Waals surface area contributed by atoms with E-state index in [9.17, 15) is 9.59 Å². The molecular weight excluding hydrogens is 390 g/mol. The number of ether oxygens (including phenoxy) is 1. The van der Waals surface area contributed by atoms with Crippen molar-refractivity contribution in [3.63, 3.8) is 0 Å². The van der Waals surface area contributed by atoms with Crippen LogP contribution in [0.4, 0.5) is 0 Å². The van der Waals surface area contributed by atoms with Crippen molar-refractivity contribution in [1.29, 1.82) is 0 Å². The van der Waals surface area contributed by atoms with Gasteiger partial charge in [-0.05, 0) is 36.5 Å². The molecule has 29 heavy (non-hydrogen) atoms. The van der Waals surface area contributed by atoms with Gasteiger partial charge in [-0.2, -0.15) is 0 Å². The number of nitrogens with zero attached hydrogens (tertiary/aromatic N) is 3. The third kappa shape index (κ3) is 4.34. The van der Waals surface area contributed by atoms with Crippen LogP contribution in [0.15, 0.2) is 30.0 Å². The Bertz CT molecular complexity index is 802. The lowest BCUT2D eigenvalue weighted by Crippen LogP contribution is -2.44. The Morgan fingerprint density at radius 1 is 1.03 bits per heavy atom. The zero-order valence-corrected chi connectivity index (χ0v) is 17.7. The van der Waals surface area contributed by atoms with E-state index in [0.717, 1.165) is 44.6 Å². The second-order valence-corrected chi connectivity index (χ2v) is 8.58. The van der Waals surface area contributed by atoms with Crippen molar-refractivity contribution in [1.82, 2.24) is 14.7 Å². The number of hydrogen-bond acceptors (Lipinski definition) is 5. The second-order valence-electron chi connectivity index (χ2n) is 8.14. The molecule has 2 saturated heterocycles. The van der Waals surface area contributed by atoms with Crippen LogP contribution in [0.1, 0.15) is 25.3 Å². The van der Waals surface area contributed by atoms with Crippen LogP contribution in [0.3, 0.4) is 0 Å². The zero-order valence-electron chi connectivity index (χ0n) is 16.9. The number of likely N-dealkylation sites (tertiary alicyclic amines) is 1. The van der Waals surface area contributed by atoms with Crippen LogP contribution in [0.2, 0.25) is 5.02 Å². The van der Waals surface area contributed by atoms with Gasteiger partial charge in [-0.25, -0.2) is 0 Å². The fraction of sp³-hybridized carbons (Fsp3) is 0.545. The smallest absolute Gasteiger partial charge is 0.277 e. The normalized spacial score (nSPS) is 24.0. The van der Waals surface area contributed by atoms with E-state index in [4.69, 9.17) is 16.3 Å². The number of morpholine rings is 1. The van der Waals surface area contributed by atoms with Crippen LogP contribution < -0.4 is 0 Å². The van der Waals surface area contributed by atoms with Crippen molar-refractivity contribution in [3.8, 4) is 0 Å². The fourth-order valence-electron chi connectivity index (χ4n) is 4.40. The molecule has 0 N–H and O–H groups in total. The molecule has 2 fully saturated rings. The van der Waals surface area contributed by atoms with Gasteiger partial charge in [0.25, 0.3) is 11.8 Å². The predicted molar refractivity (Wildman–Crippen MR) is 112 cm³/mol. The highest BCUT2D eigenvalue weighted by molar-refractivity contribution is 6.36. The van der Waals surface area contributed by atoms with Crippen LogP contribution >= 0.6 is 11.6 Å². The highest BCUT2D eigenvalue weighted by atomic mass is 35.5. The van der Waals surface area contributed by atoms with E-state index in [0.29, 0.717) is 48.5 Å². The topological polar surface area (TPSA) is 53.1 Å². The summed E-state index contributed by atoms with van der Waals surface area (Å²) in [5.74, 6) is 0.147. The van der Waals surface area contributed by atoms with E-state index in [-0.39, 0.29) is 11.8 Å². The standard InChI is InChI=1S/C22H28ClN3O3/c1-16-3-2-8-25(15-16)20-19(17-4-6-18(23)7-5-17)21(27)26(22(20)28)10-9-24-11-13-29-14-12-24/h4-7,16H,2-3,8-15H2,1H3. The maximum absolute atomic E-state index is 13.4. The molecule has 1 aromatic carbocycles. The number of halogens is 1. The summed E-state index contributed by atoms with van der Waals surface area (Å²) < 4.78 is 5.39. The maximum Gasteiger partial charge on any atom is 0.277 e. The molecule has 2 amide bonds. The quantitative estimate of drug-likeness (QED) is 0.689. The highest BCUT2D eigenvalue weighted by Crippen LogP contribution is 2.34. The number of hydrogen-bond donors (Lipinski definition) is 0. The predicted octanol–water partition coefficient (Wildman–Crippen LogP) is 2.48. The molecule has 4 rings (SSSR count). The van der Waals surface area contributed by atoms with Crippen LogP contribution in [0.5, 0.6) is 0 Å². The third-order valence-corrected chi connectivity index (χ3v) is 6.25. The number of rotatable bonds is 5. The molecule has 1 unspecified atom stereocenters. The molecule has 6 nitrogen and oxygen atoms in total. The molecule has 3 heterocycles. The van der Waals surface area contributed by atoms with E-state index >= 15 is 0 Å². The van der Waals surface area contributed by atoms with Crippen molar-refractivity contribution < 1.29 is 14.3 Å². The SMILES string of the molecule is CC1CCCN(C2=C(c3ccc(Cl)cc3)C(=O)N(CCN3CCOCC3)C2=O)C1. The van der Waals surface area contributed by atoms with Gasteiger partial charge in [0.15, 0.2) is 0 Å². The van der Waals surface area contributed by atoms with Crippen molar-refractivity contribution in [2.24, 2.45) is 5.92 Å². The summed E-state index contributed by atoms with van der Waals surface area (Å²) in [7, 11) is 0. The molecule has 156 valence electrons. The first-order valence-electron chi connectivity index (χ1n) is 10.5. The number of carbonyl (C=O) groups is 2. The summed E-state index contributed by atoms with van der Waals surface area (Å²) in [6.45, 7) is 7.98. The molecule has 0 saturated carbocycles. The summed E-state index contributed by atoms with van der Waals surface area (Å²) in [4.78, 5) is 32.5. The fourth-order valence-corrected chi connectivity index (χ4v) is 4.52. The van der Waals surface area contributed by atoms with E-state index < -0.39 is 0 Å². The van der Waals surface area contributed by atoms with Crippen LogP contribution in [-0.2, 0) is 14.3 Å². The molecular formula is C22H28ClN3O3. The number of piperidine rings is 1. The molecule has 1 atom stereocenters. The van der Waals surface area contributed by atoms with Gasteiger partial charge in [0.2, 0.25) is 0 Å². The van der Waals surface area contributed by atoms with Gasteiger partial charge in [-0.1, -0.05) is 30.7 Å². The molecule has 0 spiro atoms. The molecule has 0 radical (unpaired) electrons. The van der Waals surface area contributed by atoms with Crippen LogP contribution in [0.25, 0.3) is 5.57 Å². The van der Waals surface area contributed by atoms with Gasteiger partial charge in [0.05, 0.1) is 18.8 Å². The van der Waals surface area contributed by atoms with E-state index in [1.165, 1.54) is 4.90 Å². The lowest BCUT2D eigenvalue weighted by Gasteiger charge is -2.33. The first-order valence-corrected chi connectivity index (χ1v) is 10.8. The molecule has 3 aliphatic heterocycles. The minimum absolute atomic E-state index is 0.165. The number of amides is 2. The van der Waals surface area contributed by atoms with Crippen molar-refractivity contribution in [2.45, 2.75) is 19.8 Å². The monoisotopic (exact) mass is 417 g/mol. The number of carbonyl (C=O) groups excluding carboxylic acids is 2. The average molecular weight is 418 g/mol. The van der Waals surface area contributed by atoms with Crippen molar-refractivity contribution in [3.05, 3.63) is 40.5 Å². The first kappa shape index (κ1) is 20.4. The lowest BCUT2D eigenvalue weighted by molar-refractivity contribution is -0.138. The Morgan fingerprint density at radius 3 is 2.45 bits per heavy atom. The largest absolute Gasteiger partial charge is 0.379 e. The summed E-state index contributed by atoms with van der Waals surface area (Å²) in [5, 5.41) is 0.614. The minimum Gasteiger partial charge on any atom is -0.379 e. The number of benzene rings is 1. The van der Waals surface area contributed by atoms with Gasteiger partial charge in [-0.3, -0.25) is 19.4 Å². The Hall–Kier alpha value is -1.89. The molecule has 0 aliphatic carbocycles. The first-order chi connectivity index (χ1) is 14.0. The summed E-state index contributed by atoms with van der Waals surface area (Å²) in [5.41, 5.74) is 1.84. The Labute approximate surface area is 177 Å². The van der Waals surface area contributed by atoms with E-state index in [1.807, 2.05) is 12.1 Å². The van der Waals surface area contributed by atoms with Crippen molar-refractivity contribution >= 4 is 29.0 Å². The number of imide groups is 1. The summed E-state index contributed by atoms with van der Waals surface area (Å²) >= 11 is 6.05. The summed E-state index contributed by atoms with van der Waals surface area (Å²) in [6, 6.07) is 7.21. The second kappa shape index (κ2) is 8.86. The third-order valence-electron chi connectivity index (χ3n) is 5.99. The van der Waals surface area contributed by atoms with Gasteiger partial charge < -0.3 is 9.64 Å². The molecule has 0 aromatic heterocycles. The highest BCUT2D eigenvalue weighted by Gasteiger charge is 2.42. The van der Waals surface area contributed by atoms with Crippen LogP contribution in [0, 0.1) is 5.92 Å².